The summed E-state index contributed by atoms with van der Waals surface area (Å²) in [6, 6.07) is 23.3. The summed E-state index contributed by atoms with van der Waals surface area (Å²) in [5, 5.41) is 0. The number of nitrogens with zero attached hydrogens (tertiary/aromatic N) is 2. The molecule has 30 heavy (non-hydrogen) atoms. The minimum absolute atomic E-state index is 0.190. The Hall–Kier alpha value is -2.81. The van der Waals surface area contributed by atoms with Crippen molar-refractivity contribution < 1.29 is 4.79 Å². The van der Waals surface area contributed by atoms with Crippen LogP contribution in [0.3, 0.4) is 0 Å². The maximum atomic E-state index is 13.2. The van der Waals surface area contributed by atoms with E-state index < -0.39 is 0 Å². The average molecular weight is 403 g/mol. The van der Waals surface area contributed by atoms with E-state index in [1.807, 2.05) is 18.2 Å². The van der Waals surface area contributed by atoms with Crippen molar-refractivity contribution >= 4 is 5.91 Å². The highest BCUT2D eigenvalue weighted by atomic mass is 16.2. The van der Waals surface area contributed by atoms with Crippen molar-refractivity contribution in [3.8, 4) is 0 Å². The monoisotopic (exact) mass is 402 g/mol. The first-order valence-corrected chi connectivity index (χ1v) is 11.0. The van der Waals surface area contributed by atoms with E-state index in [-0.39, 0.29) is 11.9 Å². The van der Waals surface area contributed by atoms with E-state index in [1.165, 1.54) is 22.4 Å². The Balaban J connectivity index is 1.74. The van der Waals surface area contributed by atoms with E-state index >= 15 is 0 Å². The van der Waals surface area contributed by atoms with Gasteiger partial charge in [-0.2, -0.15) is 0 Å². The third-order valence-electron chi connectivity index (χ3n) is 5.94. The van der Waals surface area contributed by atoms with Crippen LogP contribution in [-0.2, 0) is 24.3 Å². The molecule has 2 aromatic carbocycles. The van der Waals surface area contributed by atoms with Gasteiger partial charge in [0, 0.05) is 30.9 Å². The van der Waals surface area contributed by atoms with Crippen LogP contribution in [0.5, 0.6) is 0 Å². The maximum Gasteiger partial charge on any atom is 0.223 e. The molecule has 3 rings (SSSR count). The number of hydrogen-bond donors (Lipinski definition) is 0. The van der Waals surface area contributed by atoms with Gasteiger partial charge in [0.05, 0.1) is 6.54 Å². The van der Waals surface area contributed by atoms with E-state index in [0.717, 1.165) is 13.0 Å². The molecule has 158 valence electrons. The van der Waals surface area contributed by atoms with Crippen LogP contribution in [0.25, 0.3) is 0 Å². The summed E-state index contributed by atoms with van der Waals surface area (Å²) in [6.07, 6.45) is 3.44. The second-order valence-corrected chi connectivity index (χ2v) is 8.61. The lowest BCUT2D eigenvalue weighted by molar-refractivity contribution is -0.134. The summed E-state index contributed by atoms with van der Waals surface area (Å²) in [4.78, 5) is 15.3. The normalized spacial score (nSPS) is 12.2. The number of aryl methyl sites for hydroxylation is 2. The van der Waals surface area contributed by atoms with Gasteiger partial charge in [0.15, 0.2) is 0 Å². The zero-order valence-corrected chi connectivity index (χ0v) is 18.7. The van der Waals surface area contributed by atoms with Gasteiger partial charge < -0.3 is 9.47 Å². The van der Waals surface area contributed by atoms with Crippen LogP contribution in [0.1, 0.15) is 49.6 Å². The molecule has 0 saturated carbocycles. The highest BCUT2D eigenvalue weighted by Gasteiger charge is 2.23. The van der Waals surface area contributed by atoms with Crippen molar-refractivity contribution in [1.82, 2.24) is 9.47 Å². The number of hydrogen-bond acceptors (Lipinski definition) is 1. The van der Waals surface area contributed by atoms with E-state index in [0.29, 0.717) is 18.9 Å². The lowest BCUT2D eigenvalue weighted by Crippen LogP contribution is -2.41. The largest absolute Gasteiger partial charge is 0.345 e. The van der Waals surface area contributed by atoms with Gasteiger partial charge in [-0.15, -0.1) is 0 Å². The van der Waals surface area contributed by atoms with E-state index in [1.54, 1.807) is 0 Å². The SMILES string of the molecule is Cc1cccc(Cn2cccc2CN(C(=O)CCc2ccccc2)[C@@H](C)C(C)C)c1. The molecule has 0 radical (unpaired) electrons. The number of amides is 1. The molecule has 1 aromatic heterocycles. The molecular formula is C27H34N2O. The number of benzene rings is 2. The molecule has 0 aliphatic heterocycles. The Kier molecular flexibility index (Phi) is 7.51. The molecule has 0 saturated heterocycles. The zero-order chi connectivity index (χ0) is 21.5. The molecule has 3 aromatic rings. The van der Waals surface area contributed by atoms with Crippen LogP contribution in [-0.4, -0.2) is 21.4 Å². The van der Waals surface area contributed by atoms with Gasteiger partial charge in [-0.25, -0.2) is 0 Å². The third kappa shape index (κ3) is 5.85. The highest BCUT2D eigenvalue weighted by Crippen LogP contribution is 2.19. The summed E-state index contributed by atoms with van der Waals surface area (Å²) in [6.45, 7) is 10.1. The Morgan fingerprint density at radius 2 is 1.67 bits per heavy atom. The Morgan fingerprint density at radius 1 is 0.933 bits per heavy atom. The third-order valence-corrected chi connectivity index (χ3v) is 5.94. The van der Waals surface area contributed by atoms with Gasteiger partial charge in [0.1, 0.15) is 0 Å². The maximum absolute atomic E-state index is 13.2. The van der Waals surface area contributed by atoms with Crippen LogP contribution < -0.4 is 0 Å². The quantitative estimate of drug-likeness (QED) is 0.441. The van der Waals surface area contributed by atoms with Crippen molar-refractivity contribution in [2.45, 2.75) is 59.7 Å². The lowest BCUT2D eigenvalue weighted by atomic mass is 10.0. The van der Waals surface area contributed by atoms with Gasteiger partial charge in [-0.1, -0.05) is 74.0 Å². The lowest BCUT2D eigenvalue weighted by Gasteiger charge is -2.32. The minimum atomic E-state index is 0.190. The Morgan fingerprint density at radius 3 is 2.37 bits per heavy atom. The Labute approximate surface area is 181 Å². The molecule has 0 fully saturated rings. The van der Waals surface area contributed by atoms with Crippen LogP contribution in [0, 0.1) is 12.8 Å². The van der Waals surface area contributed by atoms with Crippen molar-refractivity contribution in [3.63, 3.8) is 0 Å². The van der Waals surface area contributed by atoms with Crippen LogP contribution in [0.2, 0.25) is 0 Å². The number of aromatic nitrogens is 1. The minimum Gasteiger partial charge on any atom is -0.345 e. The number of carbonyl (C=O) groups excluding carboxylic acids is 1. The van der Waals surface area contributed by atoms with Gasteiger partial charge >= 0.3 is 0 Å². The standard InChI is InChI=1S/C27H34N2O/c1-21(2)23(4)29(27(30)16-15-24-11-6-5-7-12-24)20-26-14-9-17-28(26)19-25-13-8-10-22(3)18-25/h5-14,17-18,21,23H,15-16,19-20H2,1-4H3/t23-/m0/s1. The molecule has 3 heteroatoms. The molecule has 0 aliphatic rings. The second-order valence-electron chi connectivity index (χ2n) is 8.61. The van der Waals surface area contributed by atoms with Gasteiger partial charge in [-0.3, -0.25) is 4.79 Å². The van der Waals surface area contributed by atoms with Crippen molar-refractivity contribution in [1.29, 1.82) is 0 Å². The number of carbonyl (C=O) groups is 1. The molecule has 0 bridgehead atoms. The van der Waals surface area contributed by atoms with Crippen molar-refractivity contribution in [3.05, 3.63) is 95.3 Å². The fraction of sp³-hybridized carbons (Fsp3) is 0.370. The summed E-state index contributed by atoms with van der Waals surface area (Å²) in [7, 11) is 0. The molecule has 0 aliphatic carbocycles. The summed E-state index contributed by atoms with van der Waals surface area (Å²) < 4.78 is 2.26. The molecular weight excluding hydrogens is 368 g/mol. The zero-order valence-electron chi connectivity index (χ0n) is 18.7. The van der Waals surface area contributed by atoms with Crippen LogP contribution >= 0.6 is 0 Å². The summed E-state index contributed by atoms with van der Waals surface area (Å²) >= 11 is 0. The average Bonchev–Trinajstić information content (AvgIpc) is 3.17. The first-order chi connectivity index (χ1) is 14.4. The predicted octanol–water partition coefficient (Wildman–Crippen LogP) is 5.85. The second kappa shape index (κ2) is 10.3. The Bertz CT molecular complexity index is 942. The fourth-order valence-electron chi connectivity index (χ4n) is 3.79. The molecule has 3 nitrogen and oxygen atoms in total. The first-order valence-electron chi connectivity index (χ1n) is 11.0. The van der Waals surface area contributed by atoms with Crippen molar-refractivity contribution in [2.24, 2.45) is 5.92 Å². The van der Waals surface area contributed by atoms with Crippen molar-refractivity contribution in [2.75, 3.05) is 0 Å². The molecule has 0 unspecified atom stereocenters. The van der Waals surface area contributed by atoms with E-state index in [9.17, 15) is 4.79 Å². The fourth-order valence-corrected chi connectivity index (χ4v) is 3.79. The van der Waals surface area contributed by atoms with E-state index in [2.05, 4.69) is 91.9 Å². The molecule has 0 spiro atoms. The summed E-state index contributed by atoms with van der Waals surface area (Å²) in [5.41, 5.74) is 4.95. The number of rotatable bonds is 9. The first kappa shape index (κ1) is 21.9. The van der Waals surface area contributed by atoms with E-state index in [4.69, 9.17) is 0 Å². The summed E-state index contributed by atoms with van der Waals surface area (Å²) in [5.74, 6) is 0.634. The molecule has 0 N–H and O–H groups in total. The van der Waals surface area contributed by atoms with Gasteiger partial charge in [0.2, 0.25) is 5.91 Å². The van der Waals surface area contributed by atoms with Crippen LogP contribution in [0.4, 0.5) is 0 Å². The molecule has 1 heterocycles. The highest BCUT2D eigenvalue weighted by molar-refractivity contribution is 5.76. The molecule has 1 amide bonds. The van der Waals surface area contributed by atoms with Gasteiger partial charge in [-0.05, 0) is 49.4 Å². The van der Waals surface area contributed by atoms with Crippen LogP contribution in [0.15, 0.2) is 72.9 Å². The smallest absolute Gasteiger partial charge is 0.223 e. The molecule has 1 atom stereocenters. The predicted molar refractivity (Wildman–Crippen MR) is 124 cm³/mol. The topological polar surface area (TPSA) is 25.2 Å². The van der Waals surface area contributed by atoms with Gasteiger partial charge in [0.25, 0.3) is 0 Å².